The molecule has 0 fully saturated rings. The molecule has 0 atom stereocenters. The third-order valence-corrected chi connectivity index (χ3v) is 2.67. The van der Waals surface area contributed by atoms with Crippen LogP contribution in [0, 0.1) is 12.8 Å². The first-order chi connectivity index (χ1) is 9.43. The molecule has 0 unspecified atom stereocenters. The Bertz CT molecular complexity index is 486. The summed E-state index contributed by atoms with van der Waals surface area (Å²) in [7, 11) is 1.74. The summed E-state index contributed by atoms with van der Waals surface area (Å²) in [6.07, 6.45) is 1.50. The van der Waals surface area contributed by atoms with Crippen LogP contribution in [0.5, 0.6) is 0 Å². The molecule has 6 nitrogen and oxygen atoms in total. The van der Waals surface area contributed by atoms with Gasteiger partial charge in [0.1, 0.15) is 0 Å². The first-order valence-corrected chi connectivity index (χ1v) is 6.63. The van der Waals surface area contributed by atoms with Crippen molar-refractivity contribution >= 4 is 17.5 Å². The van der Waals surface area contributed by atoms with Crippen LogP contribution in [0.15, 0.2) is 12.3 Å². The molecule has 3 N–H and O–H groups in total. The van der Waals surface area contributed by atoms with Crippen LogP contribution in [-0.4, -0.2) is 36.9 Å². The van der Waals surface area contributed by atoms with Gasteiger partial charge in [-0.3, -0.25) is 14.6 Å². The van der Waals surface area contributed by atoms with Crippen LogP contribution >= 0.6 is 0 Å². The molecule has 6 heteroatoms. The summed E-state index contributed by atoms with van der Waals surface area (Å²) in [5.74, 6) is -0.133. The van der Waals surface area contributed by atoms with E-state index in [4.69, 9.17) is 0 Å². The smallest absolute Gasteiger partial charge is 0.255 e. The second kappa shape index (κ2) is 7.47. The lowest BCUT2D eigenvalue weighted by molar-refractivity contribution is -0.120. The van der Waals surface area contributed by atoms with E-state index in [1.165, 1.54) is 6.20 Å². The van der Waals surface area contributed by atoms with Gasteiger partial charge in [-0.05, 0) is 18.9 Å². The summed E-state index contributed by atoms with van der Waals surface area (Å²) < 4.78 is 0. The Balaban J connectivity index is 2.57. The number of nitrogens with one attached hydrogen (secondary N) is 3. The molecule has 1 aromatic rings. The van der Waals surface area contributed by atoms with Crippen LogP contribution in [0.25, 0.3) is 0 Å². The number of carbonyl (C=O) groups is 2. The molecule has 0 aliphatic carbocycles. The first-order valence-electron chi connectivity index (χ1n) is 6.63. The lowest BCUT2D eigenvalue weighted by Gasteiger charge is -2.11. The molecule has 0 aliphatic heterocycles. The largest absolute Gasteiger partial charge is 0.387 e. The summed E-state index contributed by atoms with van der Waals surface area (Å²) in [6.45, 7) is 6.43. The van der Waals surface area contributed by atoms with Crippen LogP contribution in [0.4, 0.5) is 5.69 Å². The lowest BCUT2D eigenvalue weighted by Crippen LogP contribution is -2.38. The molecular formula is C14H22N4O2. The zero-order valence-corrected chi connectivity index (χ0v) is 12.4. The van der Waals surface area contributed by atoms with Gasteiger partial charge in [0.05, 0.1) is 17.8 Å². The van der Waals surface area contributed by atoms with Gasteiger partial charge in [0.2, 0.25) is 5.91 Å². The SMILES string of the molecule is CNc1cc(C)ncc1C(=O)NCC(=O)NCC(C)C. The second-order valence-corrected chi connectivity index (χ2v) is 5.00. The molecule has 0 aliphatic rings. The van der Waals surface area contributed by atoms with E-state index in [0.717, 1.165) is 5.69 Å². The molecule has 2 amide bonds. The number of aromatic nitrogens is 1. The Morgan fingerprint density at radius 3 is 2.60 bits per heavy atom. The third kappa shape index (κ3) is 4.87. The van der Waals surface area contributed by atoms with E-state index in [1.807, 2.05) is 20.8 Å². The van der Waals surface area contributed by atoms with Crippen LogP contribution in [0.1, 0.15) is 29.9 Å². The number of amides is 2. The molecule has 1 aromatic heterocycles. The van der Waals surface area contributed by atoms with E-state index >= 15 is 0 Å². The van der Waals surface area contributed by atoms with Gasteiger partial charge in [-0.15, -0.1) is 0 Å². The number of pyridine rings is 1. The Labute approximate surface area is 119 Å². The molecule has 20 heavy (non-hydrogen) atoms. The molecule has 1 rings (SSSR count). The predicted molar refractivity (Wildman–Crippen MR) is 78.7 cm³/mol. The van der Waals surface area contributed by atoms with E-state index in [9.17, 15) is 9.59 Å². The minimum atomic E-state index is -0.318. The maximum atomic E-state index is 12.0. The Morgan fingerprint density at radius 2 is 2.00 bits per heavy atom. The summed E-state index contributed by atoms with van der Waals surface area (Å²) in [5.41, 5.74) is 1.94. The highest BCUT2D eigenvalue weighted by Crippen LogP contribution is 2.14. The third-order valence-electron chi connectivity index (χ3n) is 2.67. The van der Waals surface area contributed by atoms with Crippen LogP contribution in [0.2, 0.25) is 0 Å². The highest BCUT2D eigenvalue weighted by atomic mass is 16.2. The van der Waals surface area contributed by atoms with E-state index in [1.54, 1.807) is 13.1 Å². The first kappa shape index (κ1) is 15.9. The molecule has 1 heterocycles. The zero-order chi connectivity index (χ0) is 15.1. The van der Waals surface area contributed by atoms with Gasteiger partial charge in [-0.2, -0.15) is 0 Å². The fourth-order valence-corrected chi connectivity index (χ4v) is 1.58. The molecule has 0 saturated carbocycles. The Kier molecular flexibility index (Phi) is 5.96. The number of carbonyl (C=O) groups excluding carboxylic acids is 2. The van der Waals surface area contributed by atoms with Crippen LogP contribution in [-0.2, 0) is 4.79 Å². The summed E-state index contributed by atoms with van der Waals surface area (Å²) in [4.78, 5) is 27.6. The van der Waals surface area contributed by atoms with Crippen molar-refractivity contribution in [2.24, 2.45) is 5.92 Å². The normalized spacial score (nSPS) is 10.2. The van der Waals surface area contributed by atoms with Crippen molar-refractivity contribution in [3.63, 3.8) is 0 Å². The van der Waals surface area contributed by atoms with E-state index in [-0.39, 0.29) is 18.4 Å². The maximum Gasteiger partial charge on any atom is 0.255 e. The molecule has 0 spiro atoms. The van der Waals surface area contributed by atoms with Gasteiger partial charge in [0, 0.05) is 25.5 Å². The fourth-order valence-electron chi connectivity index (χ4n) is 1.58. The molecule has 110 valence electrons. The van der Waals surface area contributed by atoms with Gasteiger partial charge in [-0.25, -0.2) is 0 Å². The zero-order valence-electron chi connectivity index (χ0n) is 12.4. The highest BCUT2D eigenvalue weighted by Gasteiger charge is 2.12. The summed E-state index contributed by atoms with van der Waals surface area (Å²) >= 11 is 0. The van der Waals surface area contributed by atoms with Crippen molar-refractivity contribution in [1.29, 1.82) is 0 Å². The standard InChI is InChI=1S/C14H22N4O2/c1-9(2)6-17-13(19)8-18-14(20)11-7-16-10(3)5-12(11)15-4/h5,7,9H,6,8H2,1-4H3,(H,15,16)(H,17,19)(H,18,20). The number of anilines is 1. The van der Waals surface area contributed by atoms with E-state index < -0.39 is 0 Å². The Hall–Kier alpha value is -2.11. The molecule has 0 bridgehead atoms. The topological polar surface area (TPSA) is 83.1 Å². The minimum absolute atomic E-state index is 0.0391. The van der Waals surface area contributed by atoms with E-state index in [2.05, 4.69) is 20.9 Å². The van der Waals surface area contributed by atoms with Crippen molar-refractivity contribution in [3.8, 4) is 0 Å². The number of aryl methyl sites for hydroxylation is 1. The molecular weight excluding hydrogens is 256 g/mol. The average molecular weight is 278 g/mol. The fraction of sp³-hybridized carbons (Fsp3) is 0.500. The van der Waals surface area contributed by atoms with E-state index in [0.29, 0.717) is 23.7 Å². The minimum Gasteiger partial charge on any atom is -0.387 e. The highest BCUT2D eigenvalue weighted by molar-refractivity contribution is 6.00. The quantitative estimate of drug-likeness (QED) is 0.723. The number of nitrogens with zero attached hydrogens (tertiary/aromatic N) is 1. The number of hydrogen-bond donors (Lipinski definition) is 3. The van der Waals surface area contributed by atoms with Gasteiger partial charge >= 0.3 is 0 Å². The van der Waals surface area contributed by atoms with Crippen molar-refractivity contribution in [3.05, 3.63) is 23.5 Å². The van der Waals surface area contributed by atoms with Crippen molar-refractivity contribution < 1.29 is 9.59 Å². The predicted octanol–water partition coefficient (Wildman–Crippen LogP) is 0.934. The average Bonchev–Trinajstić information content (AvgIpc) is 2.42. The van der Waals surface area contributed by atoms with Crippen molar-refractivity contribution in [2.45, 2.75) is 20.8 Å². The summed E-state index contributed by atoms with van der Waals surface area (Å²) in [5, 5.41) is 8.27. The molecule has 0 saturated heterocycles. The summed E-state index contributed by atoms with van der Waals surface area (Å²) in [6, 6.07) is 1.79. The van der Waals surface area contributed by atoms with Gasteiger partial charge in [-0.1, -0.05) is 13.8 Å². The van der Waals surface area contributed by atoms with Gasteiger partial charge < -0.3 is 16.0 Å². The van der Waals surface area contributed by atoms with Crippen molar-refractivity contribution in [1.82, 2.24) is 15.6 Å². The number of hydrogen-bond acceptors (Lipinski definition) is 4. The van der Waals surface area contributed by atoms with Crippen LogP contribution < -0.4 is 16.0 Å². The second-order valence-electron chi connectivity index (χ2n) is 5.00. The molecule has 0 aromatic carbocycles. The molecule has 0 radical (unpaired) electrons. The van der Waals surface area contributed by atoms with Crippen molar-refractivity contribution in [2.75, 3.05) is 25.5 Å². The maximum absolute atomic E-state index is 12.0. The lowest BCUT2D eigenvalue weighted by atomic mass is 10.2. The monoisotopic (exact) mass is 278 g/mol. The Morgan fingerprint density at radius 1 is 1.30 bits per heavy atom. The van der Waals surface area contributed by atoms with Crippen LogP contribution in [0.3, 0.4) is 0 Å². The van der Waals surface area contributed by atoms with Gasteiger partial charge in [0.15, 0.2) is 0 Å². The number of rotatable bonds is 6. The van der Waals surface area contributed by atoms with Gasteiger partial charge in [0.25, 0.3) is 5.91 Å².